The fraction of sp³-hybridized carbons (Fsp3) is 0.625. The number of fused-ring (bicyclic) bond motifs is 1. The quantitative estimate of drug-likeness (QED) is 0.907. The molecule has 0 aliphatic carbocycles. The molecule has 3 atom stereocenters. The SMILES string of the molecule is CN1CCCC1CN(C)C1COc2ccccc2C1N. The van der Waals surface area contributed by atoms with Crippen LogP contribution in [0, 0.1) is 0 Å². The predicted octanol–water partition coefficient (Wildman–Crippen LogP) is 1.47. The van der Waals surface area contributed by atoms with E-state index in [2.05, 4.69) is 30.0 Å². The predicted molar refractivity (Wildman–Crippen MR) is 80.9 cm³/mol. The molecule has 1 saturated heterocycles. The molecule has 0 bridgehead atoms. The van der Waals surface area contributed by atoms with E-state index in [9.17, 15) is 0 Å². The number of hydrogen-bond donors (Lipinski definition) is 1. The average molecular weight is 275 g/mol. The van der Waals surface area contributed by atoms with Gasteiger partial charge >= 0.3 is 0 Å². The van der Waals surface area contributed by atoms with Gasteiger partial charge in [-0.25, -0.2) is 0 Å². The lowest BCUT2D eigenvalue weighted by Gasteiger charge is -2.38. The fourth-order valence-electron chi connectivity index (χ4n) is 3.45. The maximum absolute atomic E-state index is 6.47. The number of nitrogens with two attached hydrogens (primary N) is 1. The molecule has 4 heteroatoms. The molecule has 1 aromatic carbocycles. The van der Waals surface area contributed by atoms with Crippen molar-refractivity contribution in [2.75, 3.05) is 33.8 Å². The van der Waals surface area contributed by atoms with Crippen LogP contribution in [0.2, 0.25) is 0 Å². The maximum atomic E-state index is 6.47. The largest absolute Gasteiger partial charge is 0.492 e. The molecule has 4 nitrogen and oxygen atoms in total. The van der Waals surface area contributed by atoms with Crippen LogP contribution >= 0.6 is 0 Å². The standard InChI is InChI=1S/C16H25N3O/c1-18-9-5-6-12(18)10-19(2)14-11-20-15-8-4-3-7-13(15)16(14)17/h3-4,7-8,12,14,16H,5-6,9-11,17H2,1-2H3. The van der Waals surface area contributed by atoms with Gasteiger partial charge in [0.2, 0.25) is 0 Å². The molecule has 3 unspecified atom stereocenters. The Morgan fingerprint density at radius 3 is 2.95 bits per heavy atom. The van der Waals surface area contributed by atoms with Crippen molar-refractivity contribution in [2.45, 2.75) is 31.0 Å². The lowest BCUT2D eigenvalue weighted by molar-refractivity contribution is 0.0986. The highest BCUT2D eigenvalue weighted by atomic mass is 16.5. The second kappa shape index (κ2) is 5.72. The Labute approximate surface area is 121 Å². The molecule has 2 aliphatic heterocycles. The minimum Gasteiger partial charge on any atom is -0.492 e. The van der Waals surface area contributed by atoms with Gasteiger partial charge < -0.3 is 15.4 Å². The summed E-state index contributed by atoms with van der Waals surface area (Å²) in [5.74, 6) is 0.947. The van der Waals surface area contributed by atoms with E-state index in [0.717, 1.165) is 17.9 Å². The van der Waals surface area contributed by atoms with Crippen molar-refractivity contribution in [3.05, 3.63) is 29.8 Å². The zero-order valence-electron chi connectivity index (χ0n) is 12.5. The zero-order chi connectivity index (χ0) is 14.1. The van der Waals surface area contributed by atoms with Crippen molar-refractivity contribution in [1.29, 1.82) is 0 Å². The summed E-state index contributed by atoms with van der Waals surface area (Å²) in [4.78, 5) is 4.84. The van der Waals surface area contributed by atoms with Crippen LogP contribution < -0.4 is 10.5 Å². The van der Waals surface area contributed by atoms with E-state index >= 15 is 0 Å². The van der Waals surface area contributed by atoms with Crippen LogP contribution in [0.3, 0.4) is 0 Å². The summed E-state index contributed by atoms with van der Waals surface area (Å²) in [7, 11) is 4.39. The lowest BCUT2D eigenvalue weighted by atomic mass is 9.96. The number of ether oxygens (including phenoxy) is 1. The van der Waals surface area contributed by atoms with Gasteiger partial charge in [-0.2, -0.15) is 0 Å². The number of rotatable bonds is 3. The van der Waals surface area contributed by atoms with Crippen molar-refractivity contribution in [2.24, 2.45) is 5.73 Å². The molecule has 2 heterocycles. The molecule has 0 spiro atoms. The smallest absolute Gasteiger partial charge is 0.124 e. The normalized spacial score (nSPS) is 30.3. The Kier molecular flexibility index (Phi) is 3.96. The zero-order valence-corrected chi connectivity index (χ0v) is 12.5. The van der Waals surface area contributed by atoms with Gasteiger partial charge in [-0.15, -0.1) is 0 Å². The van der Waals surface area contributed by atoms with Crippen molar-refractivity contribution in [1.82, 2.24) is 9.80 Å². The van der Waals surface area contributed by atoms with Crippen LogP contribution in [-0.2, 0) is 0 Å². The van der Waals surface area contributed by atoms with Gasteiger partial charge in [0, 0.05) is 18.2 Å². The molecule has 1 aromatic rings. The van der Waals surface area contributed by atoms with Crippen molar-refractivity contribution >= 4 is 0 Å². The van der Waals surface area contributed by atoms with Crippen LogP contribution in [0.15, 0.2) is 24.3 Å². The van der Waals surface area contributed by atoms with Crippen LogP contribution in [0.5, 0.6) is 5.75 Å². The van der Waals surface area contributed by atoms with E-state index in [4.69, 9.17) is 10.5 Å². The van der Waals surface area contributed by atoms with Crippen molar-refractivity contribution < 1.29 is 4.74 Å². The third-order valence-corrected chi connectivity index (χ3v) is 4.84. The Morgan fingerprint density at radius 1 is 1.40 bits per heavy atom. The summed E-state index contributed by atoms with van der Waals surface area (Å²) < 4.78 is 5.88. The third-order valence-electron chi connectivity index (χ3n) is 4.84. The first-order valence-corrected chi connectivity index (χ1v) is 7.54. The summed E-state index contributed by atoms with van der Waals surface area (Å²) >= 11 is 0. The van der Waals surface area contributed by atoms with Crippen LogP contribution in [-0.4, -0.2) is 55.7 Å². The summed E-state index contributed by atoms with van der Waals surface area (Å²) in [5, 5.41) is 0. The summed E-state index contributed by atoms with van der Waals surface area (Å²) in [6.07, 6.45) is 2.60. The monoisotopic (exact) mass is 275 g/mol. The number of hydrogen-bond acceptors (Lipinski definition) is 4. The molecule has 2 aliphatic rings. The highest BCUT2D eigenvalue weighted by Crippen LogP contribution is 2.32. The second-order valence-corrected chi connectivity index (χ2v) is 6.16. The van der Waals surface area contributed by atoms with Gasteiger partial charge in [0.1, 0.15) is 12.4 Å². The highest BCUT2D eigenvalue weighted by molar-refractivity contribution is 5.38. The Bertz CT molecular complexity index is 465. The van der Waals surface area contributed by atoms with Gasteiger partial charge in [-0.05, 0) is 39.5 Å². The van der Waals surface area contributed by atoms with E-state index in [1.54, 1.807) is 0 Å². The Morgan fingerprint density at radius 2 is 2.20 bits per heavy atom. The topological polar surface area (TPSA) is 41.7 Å². The van der Waals surface area contributed by atoms with Gasteiger partial charge in [-0.3, -0.25) is 4.90 Å². The second-order valence-electron chi connectivity index (χ2n) is 6.16. The van der Waals surface area contributed by atoms with Gasteiger partial charge in [-0.1, -0.05) is 18.2 Å². The van der Waals surface area contributed by atoms with Gasteiger partial charge in [0.05, 0.1) is 12.1 Å². The van der Waals surface area contributed by atoms with E-state index in [0.29, 0.717) is 12.6 Å². The number of benzene rings is 1. The third kappa shape index (κ3) is 2.55. The molecular formula is C16H25N3O. The number of nitrogens with zero attached hydrogens (tertiary/aromatic N) is 2. The molecule has 2 N–H and O–H groups in total. The molecule has 0 amide bonds. The molecular weight excluding hydrogens is 250 g/mol. The highest BCUT2D eigenvalue weighted by Gasteiger charge is 2.33. The van der Waals surface area contributed by atoms with Gasteiger partial charge in [0.15, 0.2) is 0 Å². The number of likely N-dealkylation sites (N-methyl/N-ethyl adjacent to an activating group) is 2. The first-order valence-electron chi connectivity index (χ1n) is 7.54. The average Bonchev–Trinajstić information content (AvgIpc) is 2.85. The molecule has 110 valence electrons. The first-order chi connectivity index (χ1) is 9.66. The fourth-order valence-corrected chi connectivity index (χ4v) is 3.45. The molecule has 1 fully saturated rings. The molecule has 3 rings (SSSR count). The van der Waals surface area contributed by atoms with E-state index in [1.165, 1.54) is 19.4 Å². The summed E-state index contributed by atoms with van der Waals surface area (Å²) in [6, 6.07) is 9.09. The van der Waals surface area contributed by atoms with E-state index in [-0.39, 0.29) is 12.1 Å². The van der Waals surface area contributed by atoms with Crippen molar-refractivity contribution in [3.63, 3.8) is 0 Å². The van der Waals surface area contributed by atoms with Gasteiger partial charge in [0.25, 0.3) is 0 Å². The minimum absolute atomic E-state index is 0.0386. The Balaban J connectivity index is 1.68. The first kappa shape index (κ1) is 13.9. The van der Waals surface area contributed by atoms with Crippen LogP contribution in [0.25, 0.3) is 0 Å². The molecule has 0 radical (unpaired) electrons. The number of para-hydroxylation sites is 1. The van der Waals surface area contributed by atoms with Crippen LogP contribution in [0.4, 0.5) is 0 Å². The van der Waals surface area contributed by atoms with E-state index in [1.807, 2.05) is 18.2 Å². The number of likely N-dealkylation sites (tertiary alicyclic amines) is 1. The van der Waals surface area contributed by atoms with E-state index < -0.39 is 0 Å². The summed E-state index contributed by atoms with van der Waals surface area (Å²) in [5.41, 5.74) is 7.60. The minimum atomic E-state index is 0.0386. The lowest BCUT2D eigenvalue weighted by Crippen LogP contribution is -2.50. The maximum Gasteiger partial charge on any atom is 0.124 e. The van der Waals surface area contributed by atoms with Crippen molar-refractivity contribution in [3.8, 4) is 5.75 Å². The van der Waals surface area contributed by atoms with Crippen LogP contribution in [0.1, 0.15) is 24.4 Å². The Hall–Kier alpha value is -1.10. The summed E-state index contributed by atoms with van der Waals surface area (Å²) in [6.45, 7) is 2.97. The molecule has 20 heavy (non-hydrogen) atoms. The molecule has 0 aromatic heterocycles. The molecule has 0 saturated carbocycles.